The zero-order valence-electron chi connectivity index (χ0n) is 8.87. The van der Waals surface area contributed by atoms with Crippen LogP contribution in [-0.2, 0) is 19.4 Å². The molecule has 0 N–H and O–H groups in total. The molecule has 4 heteroatoms. The van der Waals surface area contributed by atoms with Gasteiger partial charge in [-0.2, -0.15) is 5.26 Å². The van der Waals surface area contributed by atoms with Crippen molar-refractivity contribution in [3.05, 3.63) is 15.6 Å². The van der Waals surface area contributed by atoms with Crippen LogP contribution in [-0.4, -0.2) is 24.0 Å². The fourth-order valence-electron chi connectivity index (χ4n) is 1.26. The Bertz CT molecular complexity index is 336. The molecular weight excluding hydrogens is 194 g/mol. The van der Waals surface area contributed by atoms with Gasteiger partial charge in [-0.25, -0.2) is 4.98 Å². The van der Waals surface area contributed by atoms with Gasteiger partial charge in [0, 0.05) is 11.4 Å². The molecular formula is C10H15N3S. The third-order valence-electron chi connectivity index (χ3n) is 1.85. The largest absolute Gasteiger partial charge is 0.303 e. The van der Waals surface area contributed by atoms with Crippen molar-refractivity contribution in [1.82, 2.24) is 9.88 Å². The van der Waals surface area contributed by atoms with Crippen LogP contribution in [0.2, 0.25) is 0 Å². The van der Waals surface area contributed by atoms with E-state index in [4.69, 9.17) is 5.26 Å². The molecule has 0 amide bonds. The fraction of sp³-hybridized carbons (Fsp3) is 0.600. The summed E-state index contributed by atoms with van der Waals surface area (Å²) in [5.74, 6) is 0. The van der Waals surface area contributed by atoms with Crippen molar-refractivity contribution in [2.45, 2.75) is 26.3 Å². The predicted molar refractivity (Wildman–Crippen MR) is 58.2 cm³/mol. The maximum atomic E-state index is 8.65. The Morgan fingerprint density at radius 3 is 2.71 bits per heavy atom. The summed E-state index contributed by atoms with van der Waals surface area (Å²) in [7, 11) is 4.05. The molecule has 1 rings (SSSR count). The van der Waals surface area contributed by atoms with Crippen LogP contribution in [0.1, 0.15) is 22.5 Å². The molecule has 1 aromatic heterocycles. The molecule has 3 nitrogen and oxygen atoms in total. The van der Waals surface area contributed by atoms with Crippen LogP contribution in [0.5, 0.6) is 0 Å². The van der Waals surface area contributed by atoms with Gasteiger partial charge in [-0.1, -0.05) is 6.92 Å². The maximum absolute atomic E-state index is 8.65. The number of rotatable bonds is 4. The monoisotopic (exact) mass is 209 g/mol. The van der Waals surface area contributed by atoms with Crippen LogP contribution in [0.15, 0.2) is 0 Å². The molecule has 0 radical (unpaired) electrons. The summed E-state index contributed by atoms with van der Waals surface area (Å²) in [4.78, 5) is 7.74. The molecule has 1 aromatic rings. The number of thiazole rings is 1. The van der Waals surface area contributed by atoms with Gasteiger partial charge in [-0.15, -0.1) is 11.3 Å². The standard InChI is InChI=1S/C10H15N3S/c1-4-8-9(5-6-11)14-10(12-8)7-13(2)3/h4-5,7H2,1-3H3. The molecule has 0 spiro atoms. The van der Waals surface area contributed by atoms with Gasteiger partial charge < -0.3 is 4.90 Å². The number of hydrogen-bond acceptors (Lipinski definition) is 4. The molecule has 0 saturated carbocycles. The van der Waals surface area contributed by atoms with Gasteiger partial charge in [0.25, 0.3) is 0 Å². The van der Waals surface area contributed by atoms with E-state index >= 15 is 0 Å². The van der Waals surface area contributed by atoms with Gasteiger partial charge in [0.15, 0.2) is 0 Å². The summed E-state index contributed by atoms with van der Waals surface area (Å²) in [5.41, 5.74) is 1.09. The lowest BCUT2D eigenvalue weighted by Crippen LogP contribution is -2.10. The highest BCUT2D eigenvalue weighted by atomic mass is 32.1. The molecule has 0 unspecified atom stereocenters. The van der Waals surface area contributed by atoms with Crippen LogP contribution in [0.4, 0.5) is 0 Å². The summed E-state index contributed by atoms with van der Waals surface area (Å²) < 4.78 is 0. The maximum Gasteiger partial charge on any atom is 0.107 e. The molecule has 0 aliphatic rings. The molecule has 0 fully saturated rings. The molecule has 76 valence electrons. The minimum atomic E-state index is 0.494. The molecule has 0 bridgehead atoms. The first-order valence-electron chi connectivity index (χ1n) is 4.66. The number of aryl methyl sites for hydroxylation is 1. The van der Waals surface area contributed by atoms with Crippen molar-refractivity contribution in [2.75, 3.05) is 14.1 Å². The van der Waals surface area contributed by atoms with Gasteiger partial charge in [-0.05, 0) is 20.5 Å². The van der Waals surface area contributed by atoms with Crippen molar-refractivity contribution in [1.29, 1.82) is 5.26 Å². The van der Waals surface area contributed by atoms with E-state index in [0.717, 1.165) is 28.5 Å². The Kier molecular flexibility index (Phi) is 4.05. The first-order valence-corrected chi connectivity index (χ1v) is 5.48. The van der Waals surface area contributed by atoms with Crippen molar-refractivity contribution in [2.24, 2.45) is 0 Å². The van der Waals surface area contributed by atoms with Gasteiger partial charge in [0.1, 0.15) is 5.01 Å². The lowest BCUT2D eigenvalue weighted by atomic mass is 10.2. The first kappa shape index (κ1) is 11.2. The Balaban J connectivity index is 2.84. The van der Waals surface area contributed by atoms with Crippen molar-refractivity contribution < 1.29 is 0 Å². The Morgan fingerprint density at radius 2 is 2.21 bits per heavy atom. The number of hydrogen-bond donors (Lipinski definition) is 0. The molecule has 0 saturated heterocycles. The van der Waals surface area contributed by atoms with Crippen LogP contribution in [0.25, 0.3) is 0 Å². The Hall–Kier alpha value is -0.920. The minimum Gasteiger partial charge on any atom is -0.303 e. The summed E-state index contributed by atoms with van der Waals surface area (Å²) in [5, 5.41) is 9.76. The van der Waals surface area contributed by atoms with E-state index in [1.165, 1.54) is 0 Å². The van der Waals surface area contributed by atoms with E-state index in [2.05, 4.69) is 22.9 Å². The van der Waals surface area contributed by atoms with Crippen LogP contribution < -0.4 is 0 Å². The minimum absolute atomic E-state index is 0.494. The molecule has 14 heavy (non-hydrogen) atoms. The smallest absolute Gasteiger partial charge is 0.107 e. The second-order valence-corrected chi connectivity index (χ2v) is 4.57. The predicted octanol–water partition coefficient (Wildman–Crippen LogP) is 1.83. The van der Waals surface area contributed by atoms with Gasteiger partial charge in [-0.3, -0.25) is 0 Å². The second-order valence-electron chi connectivity index (χ2n) is 3.40. The van der Waals surface area contributed by atoms with Gasteiger partial charge in [0.05, 0.1) is 18.2 Å². The van der Waals surface area contributed by atoms with E-state index in [1.807, 2.05) is 14.1 Å². The Morgan fingerprint density at radius 1 is 1.50 bits per heavy atom. The summed E-state index contributed by atoms with van der Waals surface area (Å²) in [6.07, 6.45) is 1.41. The average Bonchev–Trinajstić information content (AvgIpc) is 2.47. The van der Waals surface area contributed by atoms with E-state index in [-0.39, 0.29) is 0 Å². The SMILES string of the molecule is CCc1nc(CN(C)C)sc1CC#N. The van der Waals surface area contributed by atoms with Crippen LogP contribution in [0.3, 0.4) is 0 Å². The quantitative estimate of drug-likeness (QED) is 0.759. The highest BCUT2D eigenvalue weighted by Crippen LogP contribution is 2.20. The topological polar surface area (TPSA) is 39.9 Å². The molecule has 0 aliphatic carbocycles. The summed E-state index contributed by atoms with van der Waals surface area (Å²) in [6, 6.07) is 2.18. The van der Waals surface area contributed by atoms with Crippen LogP contribution in [0, 0.1) is 11.3 Å². The molecule has 0 atom stereocenters. The van der Waals surface area contributed by atoms with Crippen LogP contribution >= 0.6 is 11.3 Å². The van der Waals surface area contributed by atoms with E-state index < -0.39 is 0 Å². The summed E-state index contributed by atoms with van der Waals surface area (Å²) in [6.45, 7) is 2.94. The fourth-order valence-corrected chi connectivity index (χ4v) is 2.47. The van der Waals surface area contributed by atoms with Crippen molar-refractivity contribution >= 4 is 11.3 Å². The lowest BCUT2D eigenvalue weighted by Gasteiger charge is -2.04. The third kappa shape index (κ3) is 2.79. The zero-order chi connectivity index (χ0) is 10.6. The van der Waals surface area contributed by atoms with Crippen molar-refractivity contribution in [3.8, 4) is 6.07 Å². The number of nitriles is 1. The highest BCUT2D eigenvalue weighted by Gasteiger charge is 2.09. The van der Waals surface area contributed by atoms with E-state index in [9.17, 15) is 0 Å². The van der Waals surface area contributed by atoms with E-state index in [0.29, 0.717) is 6.42 Å². The molecule has 1 heterocycles. The number of nitrogens with zero attached hydrogens (tertiary/aromatic N) is 3. The zero-order valence-corrected chi connectivity index (χ0v) is 9.69. The third-order valence-corrected chi connectivity index (χ3v) is 2.93. The molecule has 0 aliphatic heterocycles. The summed E-state index contributed by atoms with van der Waals surface area (Å²) >= 11 is 1.66. The van der Waals surface area contributed by atoms with Gasteiger partial charge in [0.2, 0.25) is 0 Å². The van der Waals surface area contributed by atoms with Gasteiger partial charge >= 0.3 is 0 Å². The average molecular weight is 209 g/mol. The molecule has 0 aromatic carbocycles. The van der Waals surface area contributed by atoms with E-state index in [1.54, 1.807) is 11.3 Å². The van der Waals surface area contributed by atoms with Crippen molar-refractivity contribution in [3.63, 3.8) is 0 Å². The highest BCUT2D eigenvalue weighted by molar-refractivity contribution is 7.11. The Labute approximate surface area is 89.0 Å². The second kappa shape index (κ2) is 5.08. The first-order chi connectivity index (χ1) is 6.67. The number of aromatic nitrogens is 1. The lowest BCUT2D eigenvalue weighted by molar-refractivity contribution is 0.401. The normalized spacial score (nSPS) is 10.5.